The average Bonchev–Trinajstić information content (AvgIpc) is 2.45. The zero-order chi connectivity index (χ0) is 15.5. The molecular formula is C16H34N2O2. The van der Waals surface area contributed by atoms with Gasteiger partial charge < -0.3 is 15.0 Å². The molecule has 4 heteroatoms. The van der Waals surface area contributed by atoms with Gasteiger partial charge >= 0.3 is 5.97 Å². The molecule has 0 saturated heterocycles. The van der Waals surface area contributed by atoms with E-state index in [4.69, 9.17) is 4.74 Å². The average molecular weight is 286 g/mol. The number of hydrogen-bond acceptors (Lipinski definition) is 4. The minimum atomic E-state index is -0.198. The van der Waals surface area contributed by atoms with E-state index in [0.29, 0.717) is 0 Å². The summed E-state index contributed by atoms with van der Waals surface area (Å²) in [6.07, 6.45) is 3.24. The fourth-order valence-corrected chi connectivity index (χ4v) is 2.42. The van der Waals surface area contributed by atoms with Crippen LogP contribution in [0, 0.1) is 5.92 Å². The normalized spacial score (nSPS) is 13.2. The van der Waals surface area contributed by atoms with E-state index in [0.717, 1.165) is 32.0 Å². The molecule has 1 atom stereocenters. The first-order chi connectivity index (χ1) is 9.48. The summed E-state index contributed by atoms with van der Waals surface area (Å²) < 4.78 is 4.88. The summed E-state index contributed by atoms with van der Waals surface area (Å²) in [5.41, 5.74) is 0. The van der Waals surface area contributed by atoms with Gasteiger partial charge in [-0.1, -0.05) is 47.5 Å². The van der Waals surface area contributed by atoms with E-state index in [1.165, 1.54) is 20.0 Å². The molecule has 0 spiro atoms. The summed E-state index contributed by atoms with van der Waals surface area (Å²) in [4.78, 5) is 14.2. The van der Waals surface area contributed by atoms with Gasteiger partial charge in [0.25, 0.3) is 0 Å². The van der Waals surface area contributed by atoms with Crippen LogP contribution < -0.4 is 5.32 Å². The lowest BCUT2D eigenvalue weighted by Gasteiger charge is -2.27. The number of ether oxygens (including phenoxy) is 1. The van der Waals surface area contributed by atoms with Gasteiger partial charge in [0.2, 0.25) is 0 Å². The number of nitrogens with zero attached hydrogens (tertiary/aromatic N) is 1. The maximum atomic E-state index is 11.8. The van der Waals surface area contributed by atoms with Gasteiger partial charge in [-0.2, -0.15) is 0 Å². The molecule has 0 fully saturated rings. The molecule has 1 unspecified atom stereocenters. The van der Waals surface area contributed by atoms with E-state index in [-0.39, 0.29) is 18.1 Å². The molecule has 20 heavy (non-hydrogen) atoms. The van der Waals surface area contributed by atoms with Gasteiger partial charge in [-0.15, -0.1) is 0 Å². The van der Waals surface area contributed by atoms with Crippen LogP contribution in [0.15, 0.2) is 0 Å². The Labute approximate surface area is 125 Å². The van der Waals surface area contributed by atoms with Gasteiger partial charge in [0.15, 0.2) is 0 Å². The number of nitrogens with one attached hydrogen (secondary N) is 1. The fourth-order valence-electron chi connectivity index (χ4n) is 2.42. The van der Waals surface area contributed by atoms with Gasteiger partial charge in [0.1, 0.15) is 6.04 Å². The van der Waals surface area contributed by atoms with Gasteiger partial charge in [-0.25, -0.2) is 0 Å². The third kappa shape index (κ3) is 7.85. The molecule has 0 bridgehead atoms. The molecule has 0 aliphatic heterocycles. The Kier molecular flexibility index (Phi) is 10.8. The summed E-state index contributed by atoms with van der Waals surface area (Å²) >= 11 is 0. The first kappa shape index (κ1) is 19.4. The van der Waals surface area contributed by atoms with E-state index in [2.05, 4.69) is 44.8 Å². The number of esters is 1. The lowest BCUT2D eigenvalue weighted by Crippen LogP contribution is -2.44. The quantitative estimate of drug-likeness (QED) is 0.593. The Morgan fingerprint density at radius 2 is 1.80 bits per heavy atom. The van der Waals surface area contributed by atoms with E-state index in [1.807, 2.05) is 0 Å². The molecule has 0 heterocycles. The van der Waals surface area contributed by atoms with Crippen LogP contribution >= 0.6 is 0 Å². The maximum Gasteiger partial charge on any atom is 0.322 e. The minimum Gasteiger partial charge on any atom is -0.468 e. The Morgan fingerprint density at radius 1 is 1.20 bits per heavy atom. The molecule has 0 saturated carbocycles. The highest BCUT2D eigenvalue weighted by Crippen LogP contribution is 2.11. The lowest BCUT2D eigenvalue weighted by molar-refractivity contribution is -0.143. The number of carbonyl (C=O) groups is 1. The molecule has 0 aromatic heterocycles. The predicted octanol–water partition coefficient (Wildman–Crippen LogP) is 2.67. The Morgan fingerprint density at radius 3 is 2.20 bits per heavy atom. The van der Waals surface area contributed by atoms with Gasteiger partial charge in [-0.05, 0) is 18.9 Å². The molecule has 120 valence electrons. The van der Waals surface area contributed by atoms with Crippen molar-refractivity contribution < 1.29 is 9.53 Å². The van der Waals surface area contributed by atoms with Crippen molar-refractivity contribution in [2.24, 2.45) is 5.92 Å². The van der Waals surface area contributed by atoms with E-state index >= 15 is 0 Å². The van der Waals surface area contributed by atoms with Crippen LogP contribution in [0.25, 0.3) is 0 Å². The van der Waals surface area contributed by atoms with Crippen molar-refractivity contribution in [2.75, 3.05) is 26.7 Å². The third-order valence-electron chi connectivity index (χ3n) is 3.87. The highest BCUT2D eigenvalue weighted by Gasteiger charge is 2.21. The van der Waals surface area contributed by atoms with E-state index in [1.54, 1.807) is 0 Å². The van der Waals surface area contributed by atoms with Crippen LogP contribution in [-0.2, 0) is 9.53 Å². The van der Waals surface area contributed by atoms with Crippen molar-refractivity contribution in [2.45, 2.75) is 66.0 Å². The summed E-state index contributed by atoms with van der Waals surface area (Å²) in [6.45, 7) is 13.9. The van der Waals surface area contributed by atoms with Crippen LogP contribution in [-0.4, -0.2) is 49.7 Å². The standard InChI is InChI=1S/C16H34N2O2/c1-7-14(8-2)12-18(9-3)11-10-15(16(19)20-6)17-13(4)5/h13-15,17H,7-12H2,1-6H3. The van der Waals surface area contributed by atoms with E-state index < -0.39 is 0 Å². The van der Waals surface area contributed by atoms with Gasteiger partial charge in [-0.3, -0.25) is 4.79 Å². The Bertz CT molecular complexity index is 253. The van der Waals surface area contributed by atoms with Crippen molar-refractivity contribution >= 4 is 5.97 Å². The second-order valence-corrected chi connectivity index (χ2v) is 5.76. The summed E-state index contributed by atoms with van der Waals surface area (Å²) in [7, 11) is 1.46. The second kappa shape index (κ2) is 11.1. The zero-order valence-corrected chi connectivity index (χ0v) is 14.2. The number of rotatable bonds is 11. The number of hydrogen-bond donors (Lipinski definition) is 1. The first-order valence-corrected chi connectivity index (χ1v) is 8.04. The summed E-state index contributed by atoms with van der Waals surface area (Å²) in [6, 6.07) is 0.0870. The molecule has 0 radical (unpaired) electrons. The molecule has 0 aliphatic carbocycles. The van der Waals surface area contributed by atoms with Crippen molar-refractivity contribution in [1.29, 1.82) is 0 Å². The minimum absolute atomic E-state index is 0.155. The molecule has 0 aliphatic rings. The highest BCUT2D eigenvalue weighted by atomic mass is 16.5. The maximum absolute atomic E-state index is 11.8. The first-order valence-electron chi connectivity index (χ1n) is 8.04. The Hall–Kier alpha value is -0.610. The monoisotopic (exact) mass is 286 g/mol. The van der Waals surface area contributed by atoms with Crippen LogP contribution in [0.2, 0.25) is 0 Å². The number of methoxy groups -OCH3 is 1. The molecular weight excluding hydrogens is 252 g/mol. The number of carbonyl (C=O) groups excluding carboxylic acids is 1. The SMILES string of the molecule is CCC(CC)CN(CC)CCC(NC(C)C)C(=O)OC. The van der Waals surface area contributed by atoms with Crippen molar-refractivity contribution in [3.8, 4) is 0 Å². The smallest absolute Gasteiger partial charge is 0.322 e. The van der Waals surface area contributed by atoms with Gasteiger partial charge in [0, 0.05) is 19.1 Å². The molecule has 0 rings (SSSR count). The van der Waals surface area contributed by atoms with Crippen molar-refractivity contribution in [3.63, 3.8) is 0 Å². The molecule has 0 amide bonds. The fraction of sp³-hybridized carbons (Fsp3) is 0.938. The largest absolute Gasteiger partial charge is 0.468 e. The van der Waals surface area contributed by atoms with Crippen LogP contribution in [0.3, 0.4) is 0 Å². The van der Waals surface area contributed by atoms with Crippen LogP contribution in [0.1, 0.15) is 53.9 Å². The third-order valence-corrected chi connectivity index (χ3v) is 3.87. The summed E-state index contributed by atoms with van der Waals surface area (Å²) in [5, 5.41) is 3.29. The topological polar surface area (TPSA) is 41.6 Å². The molecule has 0 aromatic rings. The van der Waals surface area contributed by atoms with Crippen LogP contribution in [0.5, 0.6) is 0 Å². The van der Waals surface area contributed by atoms with Crippen LogP contribution in [0.4, 0.5) is 0 Å². The van der Waals surface area contributed by atoms with Gasteiger partial charge in [0.05, 0.1) is 7.11 Å². The molecule has 4 nitrogen and oxygen atoms in total. The van der Waals surface area contributed by atoms with Crippen molar-refractivity contribution in [1.82, 2.24) is 10.2 Å². The molecule has 0 aromatic carbocycles. The lowest BCUT2D eigenvalue weighted by atomic mass is 10.0. The van der Waals surface area contributed by atoms with E-state index in [9.17, 15) is 4.79 Å². The predicted molar refractivity (Wildman–Crippen MR) is 84.9 cm³/mol. The zero-order valence-electron chi connectivity index (χ0n) is 14.2. The highest BCUT2D eigenvalue weighted by molar-refractivity contribution is 5.75. The molecule has 1 N–H and O–H groups in total. The van der Waals surface area contributed by atoms with Crippen molar-refractivity contribution in [3.05, 3.63) is 0 Å². The second-order valence-electron chi connectivity index (χ2n) is 5.76. The Balaban J connectivity index is 4.37. The summed E-state index contributed by atoms with van der Waals surface area (Å²) in [5.74, 6) is 0.599.